The summed E-state index contributed by atoms with van der Waals surface area (Å²) in [5.41, 5.74) is 2.89. The van der Waals surface area contributed by atoms with E-state index in [4.69, 9.17) is 4.74 Å². The van der Waals surface area contributed by atoms with Crippen molar-refractivity contribution in [2.75, 3.05) is 13.7 Å². The third kappa shape index (κ3) is 2.89. The van der Waals surface area contributed by atoms with Crippen molar-refractivity contribution in [3.8, 4) is 5.75 Å². The first-order valence-electron chi connectivity index (χ1n) is 6.53. The van der Waals surface area contributed by atoms with Crippen molar-refractivity contribution in [2.24, 2.45) is 5.41 Å². The Morgan fingerprint density at radius 2 is 2.11 bits per heavy atom. The molecule has 1 unspecified atom stereocenters. The molecule has 1 aromatic rings. The molecular weight excluding hydrogens is 290 g/mol. The molecule has 1 aliphatic heterocycles. The molecule has 0 amide bonds. The lowest BCUT2D eigenvalue weighted by molar-refractivity contribution is 0.276. The van der Waals surface area contributed by atoms with Crippen LogP contribution >= 0.6 is 15.9 Å². The number of rotatable bonds is 3. The lowest BCUT2D eigenvalue weighted by Crippen LogP contribution is -2.39. The third-order valence-electron chi connectivity index (χ3n) is 3.64. The van der Waals surface area contributed by atoms with Gasteiger partial charge < -0.3 is 10.1 Å². The minimum atomic E-state index is 0.239. The number of benzene rings is 1. The second-order valence-corrected chi connectivity index (χ2v) is 6.98. The molecule has 100 valence electrons. The van der Waals surface area contributed by atoms with Gasteiger partial charge in [0.05, 0.1) is 6.61 Å². The Morgan fingerprint density at radius 1 is 1.39 bits per heavy atom. The third-order valence-corrected chi connectivity index (χ3v) is 4.10. The maximum Gasteiger partial charge on any atom is 0.125 e. The number of ether oxygens (including phenoxy) is 1. The molecule has 2 nitrogen and oxygen atoms in total. The monoisotopic (exact) mass is 311 g/mol. The Balaban J connectivity index is 2.29. The van der Waals surface area contributed by atoms with Crippen LogP contribution in [0.25, 0.3) is 0 Å². The summed E-state index contributed by atoms with van der Waals surface area (Å²) in [6, 6.07) is 4.82. The van der Waals surface area contributed by atoms with Crippen molar-refractivity contribution >= 4 is 15.9 Å². The van der Waals surface area contributed by atoms with Gasteiger partial charge in [-0.05, 0) is 42.1 Å². The second kappa shape index (κ2) is 5.22. The van der Waals surface area contributed by atoms with Crippen molar-refractivity contribution in [1.29, 1.82) is 0 Å². The largest absolute Gasteiger partial charge is 0.493 e. The van der Waals surface area contributed by atoms with Gasteiger partial charge in [-0.1, -0.05) is 36.7 Å². The lowest BCUT2D eigenvalue weighted by Gasteiger charge is -2.31. The van der Waals surface area contributed by atoms with Gasteiger partial charge in [0.2, 0.25) is 0 Å². The van der Waals surface area contributed by atoms with Crippen LogP contribution in [0, 0.1) is 5.41 Å². The SMILES string of the molecule is CNC(Cc1cc(Br)cc2c1OCC2)C(C)(C)C. The molecule has 2 rings (SSSR count). The van der Waals surface area contributed by atoms with Gasteiger partial charge in [-0.3, -0.25) is 0 Å². The highest BCUT2D eigenvalue weighted by molar-refractivity contribution is 9.10. The number of fused-ring (bicyclic) bond motifs is 1. The Morgan fingerprint density at radius 3 is 2.72 bits per heavy atom. The Kier molecular flexibility index (Phi) is 4.02. The molecule has 1 aliphatic rings. The van der Waals surface area contributed by atoms with Crippen molar-refractivity contribution in [2.45, 2.75) is 39.7 Å². The zero-order chi connectivity index (χ0) is 13.3. The minimum absolute atomic E-state index is 0.239. The first kappa shape index (κ1) is 13.9. The molecule has 0 radical (unpaired) electrons. The summed E-state index contributed by atoms with van der Waals surface area (Å²) < 4.78 is 6.95. The fourth-order valence-corrected chi connectivity index (χ4v) is 3.11. The van der Waals surface area contributed by atoms with Gasteiger partial charge in [0.15, 0.2) is 0 Å². The Hall–Kier alpha value is -0.540. The Labute approximate surface area is 118 Å². The predicted octanol–water partition coefficient (Wildman–Crippen LogP) is 3.56. The van der Waals surface area contributed by atoms with Crippen molar-refractivity contribution in [3.63, 3.8) is 0 Å². The van der Waals surface area contributed by atoms with Crippen LogP contribution in [0.2, 0.25) is 0 Å². The van der Waals surface area contributed by atoms with Crippen molar-refractivity contribution in [3.05, 3.63) is 27.7 Å². The molecule has 0 bridgehead atoms. The van der Waals surface area contributed by atoms with Gasteiger partial charge in [0, 0.05) is 16.9 Å². The summed E-state index contributed by atoms with van der Waals surface area (Å²) in [6.07, 6.45) is 2.03. The van der Waals surface area contributed by atoms with Gasteiger partial charge in [-0.2, -0.15) is 0 Å². The van der Waals surface area contributed by atoms with Crippen molar-refractivity contribution in [1.82, 2.24) is 5.32 Å². The van der Waals surface area contributed by atoms with E-state index >= 15 is 0 Å². The summed E-state index contributed by atoms with van der Waals surface area (Å²) in [5, 5.41) is 3.43. The molecule has 1 aromatic carbocycles. The standard InChI is InChI=1S/C15H22BrNO/c1-15(2,3)13(17-4)9-11-8-12(16)7-10-5-6-18-14(10)11/h7-8,13,17H,5-6,9H2,1-4H3. The number of hydrogen-bond acceptors (Lipinski definition) is 2. The van der Waals surface area contributed by atoms with Crippen LogP contribution in [0.15, 0.2) is 16.6 Å². The van der Waals surface area contributed by atoms with Crippen LogP contribution in [-0.4, -0.2) is 19.7 Å². The van der Waals surface area contributed by atoms with E-state index in [1.54, 1.807) is 0 Å². The highest BCUT2D eigenvalue weighted by atomic mass is 79.9. The quantitative estimate of drug-likeness (QED) is 0.921. The van der Waals surface area contributed by atoms with Crippen LogP contribution in [0.3, 0.4) is 0 Å². The zero-order valence-electron chi connectivity index (χ0n) is 11.6. The van der Waals surface area contributed by atoms with E-state index in [2.05, 4.69) is 54.2 Å². The van der Waals surface area contributed by atoms with E-state index in [1.165, 1.54) is 11.1 Å². The van der Waals surface area contributed by atoms with Crippen LogP contribution < -0.4 is 10.1 Å². The molecule has 0 aromatic heterocycles. The molecule has 1 atom stereocenters. The molecule has 1 heterocycles. The van der Waals surface area contributed by atoms with Crippen molar-refractivity contribution < 1.29 is 4.74 Å². The maximum absolute atomic E-state index is 5.79. The van der Waals surface area contributed by atoms with Gasteiger partial charge >= 0.3 is 0 Å². The Bertz CT molecular complexity index is 437. The number of halogens is 1. The summed E-state index contributed by atoms with van der Waals surface area (Å²) >= 11 is 3.60. The van der Waals surface area contributed by atoms with E-state index < -0.39 is 0 Å². The molecule has 18 heavy (non-hydrogen) atoms. The molecule has 0 saturated heterocycles. The summed E-state index contributed by atoms with van der Waals surface area (Å²) in [4.78, 5) is 0. The lowest BCUT2D eigenvalue weighted by atomic mass is 9.83. The van der Waals surface area contributed by atoms with Gasteiger partial charge in [0.25, 0.3) is 0 Å². The zero-order valence-corrected chi connectivity index (χ0v) is 13.2. The van der Waals surface area contributed by atoms with E-state index in [-0.39, 0.29) is 5.41 Å². The average molecular weight is 312 g/mol. The number of nitrogens with one attached hydrogen (secondary N) is 1. The summed E-state index contributed by atoms with van der Waals surface area (Å²) in [7, 11) is 2.04. The highest BCUT2D eigenvalue weighted by Crippen LogP contribution is 2.35. The average Bonchev–Trinajstić information content (AvgIpc) is 2.71. The molecule has 0 saturated carbocycles. The van der Waals surface area contributed by atoms with Crippen LogP contribution in [0.1, 0.15) is 31.9 Å². The number of likely N-dealkylation sites (N-methyl/N-ethyl adjacent to an activating group) is 1. The van der Waals surface area contributed by atoms with E-state index in [1.807, 2.05) is 7.05 Å². The highest BCUT2D eigenvalue weighted by Gasteiger charge is 2.26. The number of hydrogen-bond donors (Lipinski definition) is 1. The predicted molar refractivity (Wildman–Crippen MR) is 79.3 cm³/mol. The second-order valence-electron chi connectivity index (χ2n) is 6.06. The molecule has 1 N–H and O–H groups in total. The van der Waals surface area contributed by atoms with Gasteiger partial charge in [-0.25, -0.2) is 0 Å². The van der Waals surface area contributed by atoms with Crippen LogP contribution in [0.5, 0.6) is 5.75 Å². The van der Waals surface area contributed by atoms with Crippen LogP contribution in [-0.2, 0) is 12.8 Å². The fraction of sp³-hybridized carbons (Fsp3) is 0.600. The maximum atomic E-state index is 5.79. The molecular formula is C15H22BrNO. The first-order valence-corrected chi connectivity index (χ1v) is 7.32. The fourth-order valence-electron chi connectivity index (χ4n) is 2.56. The normalized spacial score (nSPS) is 16.3. The topological polar surface area (TPSA) is 21.3 Å². The molecule has 0 aliphatic carbocycles. The summed E-state index contributed by atoms with van der Waals surface area (Å²) in [5.74, 6) is 1.11. The molecule has 3 heteroatoms. The van der Waals surface area contributed by atoms with E-state index in [0.29, 0.717) is 6.04 Å². The molecule has 0 fully saturated rings. The smallest absolute Gasteiger partial charge is 0.125 e. The van der Waals surface area contributed by atoms with E-state index in [9.17, 15) is 0 Å². The van der Waals surface area contributed by atoms with E-state index in [0.717, 1.165) is 29.7 Å². The first-order chi connectivity index (χ1) is 8.41. The van der Waals surface area contributed by atoms with Crippen LogP contribution in [0.4, 0.5) is 0 Å². The van der Waals surface area contributed by atoms with Gasteiger partial charge in [0.1, 0.15) is 5.75 Å². The minimum Gasteiger partial charge on any atom is -0.493 e. The molecule has 0 spiro atoms. The summed E-state index contributed by atoms with van der Waals surface area (Å²) in [6.45, 7) is 7.63. The van der Waals surface area contributed by atoms with Gasteiger partial charge in [-0.15, -0.1) is 0 Å².